The number of aryl methyl sites for hydroxylation is 1. The van der Waals surface area contributed by atoms with E-state index < -0.39 is 17.2 Å². The van der Waals surface area contributed by atoms with Gasteiger partial charge < -0.3 is 15.2 Å². The zero-order valence-electron chi connectivity index (χ0n) is 18.0. The fourth-order valence-electron chi connectivity index (χ4n) is 4.59. The number of amides is 1. The summed E-state index contributed by atoms with van der Waals surface area (Å²) in [6, 6.07) is 10.6. The first-order valence-electron chi connectivity index (χ1n) is 10.7. The molecule has 1 aliphatic rings. The Balaban J connectivity index is 1.57. The Morgan fingerprint density at radius 2 is 1.81 bits per heavy atom. The minimum absolute atomic E-state index is 0.136. The van der Waals surface area contributed by atoms with Crippen LogP contribution in [-0.4, -0.2) is 37.7 Å². The van der Waals surface area contributed by atoms with Crippen LogP contribution in [0.4, 0.5) is 0 Å². The first-order chi connectivity index (χ1) is 14.8. The molecule has 1 aliphatic heterocycles. The number of benzene rings is 1. The lowest BCUT2D eigenvalue weighted by atomic mass is 9.90. The van der Waals surface area contributed by atoms with Gasteiger partial charge in [-0.3, -0.25) is 18.7 Å². The third-order valence-corrected chi connectivity index (χ3v) is 6.33. The van der Waals surface area contributed by atoms with E-state index in [0.29, 0.717) is 23.9 Å². The second-order valence-corrected chi connectivity index (χ2v) is 8.52. The maximum absolute atomic E-state index is 12.8. The number of nitrogens with one attached hydrogen (secondary N) is 1. The Labute approximate surface area is 179 Å². The molecule has 9 heteroatoms. The van der Waals surface area contributed by atoms with Crippen molar-refractivity contribution in [2.24, 2.45) is 25.7 Å². The van der Waals surface area contributed by atoms with E-state index in [1.807, 2.05) is 6.07 Å². The van der Waals surface area contributed by atoms with Crippen LogP contribution in [0.5, 0.6) is 0 Å². The average molecular weight is 426 g/mol. The number of nitrogens with zero attached hydrogens (tertiary/aromatic N) is 4. The number of piperidine rings is 1. The fraction of sp³-hybridized carbons (Fsp3) is 0.455. The summed E-state index contributed by atoms with van der Waals surface area (Å²) < 4.78 is 3.97. The molecule has 0 unspecified atom stereocenters. The molecule has 4 rings (SSSR count). The number of nitrogens with two attached hydrogens (primary N) is 1. The standard InChI is InChI=1S/C22H28N6O3/c1-25-20-19(21(30)26(2)22(25)31)28(13-17(23)29)18(24-20)14-27-10-8-16(9-11-27)12-15-6-4-3-5-7-15/h3-7,16H,8-14H2,1-2H3,(H2,23,29)/p+1. The van der Waals surface area contributed by atoms with Crippen LogP contribution in [0.3, 0.4) is 0 Å². The fourth-order valence-corrected chi connectivity index (χ4v) is 4.59. The molecule has 2 aromatic heterocycles. The molecular weight excluding hydrogens is 396 g/mol. The van der Waals surface area contributed by atoms with Gasteiger partial charge in [-0.1, -0.05) is 30.3 Å². The number of quaternary nitrogens is 1. The molecule has 0 radical (unpaired) electrons. The summed E-state index contributed by atoms with van der Waals surface area (Å²) in [5, 5.41) is 0. The van der Waals surface area contributed by atoms with Crippen molar-refractivity contribution in [2.75, 3.05) is 13.1 Å². The molecular formula is C22H29N6O3+. The van der Waals surface area contributed by atoms with Crippen LogP contribution in [0, 0.1) is 5.92 Å². The largest absolute Gasteiger partial charge is 0.368 e. The predicted octanol–water partition coefficient (Wildman–Crippen LogP) is -1.04. The SMILES string of the molecule is Cn1c(=O)c2c(nc(C[NH+]3CCC(Cc4ccccc4)CC3)n2CC(N)=O)n(C)c1=O. The van der Waals surface area contributed by atoms with Gasteiger partial charge in [0.05, 0.1) is 13.1 Å². The van der Waals surface area contributed by atoms with E-state index in [2.05, 4.69) is 29.2 Å². The molecule has 3 aromatic rings. The molecule has 1 saturated heterocycles. The molecule has 1 amide bonds. The molecule has 164 valence electrons. The molecule has 9 nitrogen and oxygen atoms in total. The number of likely N-dealkylation sites (tertiary alicyclic amines) is 1. The van der Waals surface area contributed by atoms with Crippen LogP contribution < -0.4 is 21.9 Å². The number of hydrogen-bond acceptors (Lipinski definition) is 4. The molecule has 3 N–H and O–H groups in total. The van der Waals surface area contributed by atoms with E-state index in [1.54, 1.807) is 11.6 Å². The van der Waals surface area contributed by atoms with Crippen LogP contribution in [0.1, 0.15) is 24.2 Å². The van der Waals surface area contributed by atoms with Crippen molar-refractivity contribution in [1.82, 2.24) is 18.7 Å². The van der Waals surface area contributed by atoms with Crippen molar-refractivity contribution < 1.29 is 9.69 Å². The normalized spacial score (nSPS) is 19.0. The quantitative estimate of drug-likeness (QED) is 0.526. The molecule has 0 atom stereocenters. The zero-order valence-corrected chi connectivity index (χ0v) is 18.0. The van der Waals surface area contributed by atoms with E-state index >= 15 is 0 Å². The van der Waals surface area contributed by atoms with E-state index in [0.717, 1.165) is 36.9 Å². The van der Waals surface area contributed by atoms with Gasteiger partial charge in [-0.15, -0.1) is 0 Å². The van der Waals surface area contributed by atoms with Gasteiger partial charge in [0, 0.05) is 14.1 Å². The van der Waals surface area contributed by atoms with Gasteiger partial charge in [0.1, 0.15) is 13.1 Å². The van der Waals surface area contributed by atoms with E-state index in [9.17, 15) is 14.4 Å². The van der Waals surface area contributed by atoms with Gasteiger partial charge in [0.2, 0.25) is 5.91 Å². The molecule has 3 heterocycles. The van der Waals surface area contributed by atoms with Crippen LogP contribution >= 0.6 is 0 Å². The summed E-state index contributed by atoms with van der Waals surface area (Å²) in [5.74, 6) is 0.723. The highest BCUT2D eigenvalue weighted by Gasteiger charge is 2.26. The van der Waals surface area contributed by atoms with Crippen LogP contribution in [0.15, 0.2) is 39.9 Å². The number of carbonyl (C=O) groups is 1. The highest BCUT2D eigenvalue weighted by molar-refractivity contribution is 5.78. The van der Waals surface area contributed by atoms with Gasteiger partial charge in [0.25, 0.3) is 5.56 Å². The summed E-state index contributed by atoms with van der Waals surface area (Å²) in [6.45, 7) is 2.43. The van der Waals surface area contributed by atoms with Crippen molar-refractivity contribution >= 4 is 17.1 Å². The van der Waals surface area contributed by atoms with E-state index in [4.69, 9.17) is 5.73 Å². The van der Waals surface area contributed by atoms with E-state index in [-0.39, 0.29) is 12.1 Å². The summed E-state index contributed by atoms with van der Waals surface area (Å²) in [7, 11) is 3.01. The van der Waals surface area contributed by atoms with Crippen LogP contribution in [-0.2, 0) is 38.4 Å². The van der Waals surface area contributed by atoms with E-state index in [1.165, 1.54) is 22.1 Å². The minimum Gasteiger partial charge on any atom is -0.368 e. The summed E-state index contributed by atoms with van der Waals surface area (Å²) in [5.41, 5.74) is 6.46. The molecule has 1 fully saturated rings. The Morgan fingerprint density at radius 1 is 1.13 bits per heavy atom. The number of carbonyl (C=O) groups excluding carboxylic acids is 1. The van der Waals surface area contributed by atoms with Crippen molar-refractivity contribution in [3.63, 3.8) is 0 Å². The second-order valence-electron chi connectivity index (χ2n) is 8.52. The van der Waals surface area contributed by atoms with Gasteiger partial charge in [-0.2, -0.15) is 0 Å². The number of hydrogen-bond donors (Lipinski definition) is 2. The maximum Gasteiger partial charge on any atom is 0.332 e. The smallest absolute Gasteiger partial charge is 0.332 e. The van der Waals surface area contributed by atoms with Gasteiger partial charge in [-0.25, -0.2) is 9.78 Å². The maximum atomic E-state index is 12.8. The van der Waals surface area contributed by atoms with Gasteiger partial charge in [0.15, 0.2) is 17.0 Å². The predicted molar refractivity (Wildman–Crippen MR) is 117 cm³/mol. The highest BCUT2D eigenvalue weighted by atomic mass is 16.2. The highest BCUT2D eigenvalue weighted by Crippen LogP contribution is 2.17. The lowest BCUT2D eigenvalue weighted by molar-refractivity contribution is -0.920. The zero-order chi connectivity index (χ0) is 22.1. The first-order valence-corrected chi connectivity index (χ1v) is 10.7. The van der Waals surface area contributed by atoms with Gasteiger partial charge in [-0.05, 0) is 30.7 Å². The van der Waals surface area contributed by atoms with Gasteiger partial charge >= 0.3 is 5.69 Å². The average Bonchev–Trinajstić information content (AvgIpc) is 3.10. The Morgan fingerprint density at radius 3 is 2.45 bits per heavy atom. The number of primary amides is 1. The lowest BCUT2D eigenvalue weighted by Gasteiger charge is -2.29. The summed E-state index contributed by atoms with van der Waals surface area (Å²) >= 11 is 0. The minimum atomic E-state index is -0.548. The summed E-state index contributed by atoms with van der Waals surface area (Å²) in [4.78, 5) is 42.7. The summed E-state index contributed by atoms with van der Waals surface area (Å²) in [6.07, 6.45) is 3.31. The monoisotopic (exact) mass is 425 g/mol. The molecule has 0 aliphatic carbocycles. The number of fused-ring (bicyclic) bond motifs is 1. The second kappa shape index (κ2) is 8.50. The molecule has 0 saturated carbocycles. The Hall–Kier alpha value is -3.20. The lowest BCUT2D eigenvalue weighted by Crippen LogP contribution is -3.11. The van der Waals surface area contributed by atoms with Crippen LogP contribution in [0.25, 0.3) is 11.2 Å². The van der Waals surface area contributed by atoms with Crippen molar-refractivity contribution in [3.8, 4) is 0 Å². The van der Waals surface area contributed by atoms with Crippen LogP contribution in [0.2, 0.25) is 0 Å². The molecule has 0 spiro atoms. The Bertz CT molecular complexity index is 1220. The third-order valence-electron chi connectivity index (χ3n) is 6.33. The molecule has 1 aromatic carbocycles. The van der Waals surface area contributed by atoms with Crippen molar-refractivity contribution in [3.05, 3.63) is 62.6 Å². The Kier molecular flexibility index (Phi) is 5.77. The first kappa shape index (κ1) is 21.0. The molecule has 31 heavy (non-hydrogen) atoms. The number of aromatic nitrogens is 4. The van der Waals surface area contributed by atoms with Crippen molar-refractivity contribution in [2.45, 2.75) is 32.4 Å². The number of rotatable bonds is 6. The topological polar surface area (TPSA) is 109 Å². The molecule has 0 bridgehead atoms. The third kappa shape index (κ3) is 4.18. The van der Waals surface area contributed by atoms with Crippen molar-refractivity contribution in [1.29, 1.82) is 0 Å². The number of imidazole rings is 1.